The molecule has 27 heavy (non-hydrogen) atoms. The summed E-state index contributed by atoms with van der Waals surface area (Å²) in [5.74, 6) is -1.58. The molecule has 2 N–H and O–H groups in total. The average molecular weight is 397 g/mol. The van der Waals surface area contributed by atoms with Gasteiger partial charge in [-0.15, -0.1) is 0 Å². The number of hydrogen-bond acceptors (Lipinski definition) is 4. The molecule has 1 saturated carbocycles. The number of hydrogen-bond donors (Lipinski definition) is 2. The molecule has 9 heteroatoms. The van der Waals surface area contributed by atoms with Crippen molar-refractivity contribution in [2.75, 3.05) is 13.1 Å². The Balaban J connectivity index is 1.61. The first-order chi connectivity index (χ1) is 12.8. The maximum Gasteiger partial charge on any atom is 0.243 e. The quantitative estimate of drug-likeness (QED) is 0.749. The van der Waals surface area contributed by atoms with Crippen molar-refractivity contribution in [3.8, 4) is 0 Å². The van der Waals surface area contributed by atoms with Crippen LogP contribution in [-0.2, 0) is 19.6 Å². The van der Waals surface area contributed by atoms with Crippen LogP contribution in [0.2, 0.25) is 0 Å². The van der Waals surface area contributed by atoms with Crippen molar-refractivity contribution in [1.29, 1.82) is 0 Å². The minimum absolute atomic E-state index is 0.00198. The number of sulfonamides is 1. The van der Waals surface area contributed by atoms with E-state index in [4.69, 9.17) is 0 Å². The molecule has 7 nitrogen and oxygen atoms in total. The third-order valence-electron chi connectivity index (χ3n) is 4.88. The zero-order chi connectivity index (χ0) is 19.6. The van der Waals surface area contributed by atoms with E-state index in [1.807, 2.05) is 0 Å². The third-order valence-corrected chi connectivity index (χ3v) is 6.76. The lowest BCUT2D eigenvalue weighted by Crippen LogP contribution is -2.50. The van der Waals surface area contributed by atoms with Gasteiger partial charge in [0.05, 0.1) is 10.8 Å². The molecule has 0 spiro atoms. The second kappa shape index (κ2) is 7.93. The Morgan fingerprint density at radius 1 is 1.19 bits per heavy atom. The Labute approximate surface area is 158 Å². The van der Waals surface area contributed by atoms with Crippen molar-refractivity contribution < 1.29 is 22.4 Å². The van der Waals surface area contributed by atoms with Gasteiger partial charge in [0.15, 0.2) is 0 Å². The molecule has 2 amide bonds. The van der Waals surface area contributed by atoms with Crippen molar-refractivity contribution in [2.45, 2.75) is 49.6 Å². The van der Waals surface area contributed by atoms with Gasteiger partial charge in [-0.05, 0) is 56.9 Å². The lowest BCUT2D eigenvalue weighted by atomic mass is 9.98. The molecule has 2 atom stereocenters. The monoisotopic (exact) mass is 397 g/mol. The van der Waals surface area contributed by atoms with E-state index in [1.54, 1.807) is 6.92 Å². The van der Waals surface area contributed by atoms with Gasteiger partial charge < -0.3 is 10.6 Å². The average Bonchev–Trinajstić information content (AvgIpc) is 3.46. The molecule has 0 unspecified atom stereocenters. The molecule has 2 aliphatic rings. The van der Waals surface area contributed by atoms with Crippen molar-refractivity contribution >= 4 is 21.8 Å². The van der Waals surface area contributed by atoms with E-state index >= 15 is 0 Å². The van der Waals surface area contributed by atoms with Crippen LogP contribution in [0.15, 0.2) is 29.2 Å². The van der Waals surface area contributed by atoms with E-state index in [-0.39, 0.29) is 29.3 Å². The van der Waals surface area contributed by atoms with Crippen molar-refractivity contribution in [3.63, 3.8) is 0 Å². The highest BCUT2D eigenvalue weighted by atomic mass is 32.2. The number of nitrogens with zero attached hydrogens (tertiary/aromatic N) is 1. The Morgan fingerprint density at radius 3 is 2.48 bits per heavy atom. The molecule has 1 aliphatic heterocycles. The summed E-state index contributed by atoms with van der Waals surface area (Å²) in [6, 6.07) is 4.18. The summed E-state index contributed by atoms with van der Waals surface area (Å²) in [5, 5.41) is 5.51. The smallest absolute Gasteiger partial charge is 0.243 e. The van der Waals surface area contributed by atoms with Gasteiger partial charge in [-0.3, -0.25) is 9.59 Å². The van der Waals surface area contributed by atoms with Crippen LogP contribution < -0.4 is 10.6 Å². The highest BCUT2D eigenvalue weighted by Gasteiger charge is 2.34. The summed E-state index contributed by atoms with van der Waals surface area (Å²) in [7, 11) is -3.79. The molecule has 1 saturated heterocycles. The zero-order valence-electron chi connectivity index (χ0n) is 15.2. The number of amides is 2. The predicted octanol–water partition coefficient (Wildman–Crippen LogP) is 1.01. The topological polar surface area (TPSA) is 95.6 Å². The molecule has 0 bridgehead atoms. The van der Waals surface area contributed by atoms with E-state index in [2.05, 4.69) is 10.6 Å². The molecule has 0 radical (unpaired) electrons. The van der Waals surface area contributed by atoms with Crippen LogP contribution in [0.3, 0.4) is 0 Å². The van der Waals surface area contributed by atoms with Crippen LogP contribution in [-0.4, -0.2) is 49.7 Å². The van der Waals surface area contributed by atoms with Crippen LogP contribution in [0.5, 0.6) is 0 Å². The summed E-state index contributed by atoms with van der Waals surface area (Å²) >= 11 is 0. The lowest BCUT2D eigenvalue weighted by molar-refractivity contribution is -0.131. The molecule has 2 fully saturated rings. The van der Waals surface area contributed by atoms with Crippen LogP contribution in [0.4, 0.5) is 4.39 Å². The first-order valence-electron chi connectivity index (χ1n) is 9.14. The Kier molecular flexibility index (Phi) is 5.81. The number of piperidine rings is 1. The van der Waals surface area contributed by atoms with Crippen molar-refractivity contribution in [3.05, 3.63) is 30.1 Å². The number of rotatable bonds is 6. The number of benzene rings is 1. The summed E-state index contributed by atoms with van der Waals surface area (Å²) < 4.78 is 39.8. The largest absolute Gasteiger partial charge is 0.352 e. The van der Waals surface area contributed by atoms with Crippen molar-refractivity contribution in [2.24, 2.45) is 5.92 Å². The van der Waals surface area contributed by atoms with Crippen LogP contribution in [0.25, 0.3) is 0 Å². The van der Waals surface area contributed by atoms with E-state index in [9.17, 15) is 22.4 Å². The lowest BCUT2D eigenvalue weighted by Gasteiger charge is -2.31. The fourth-order valence-corrected chi connectivity index (χ4v) is 4.60. The molecular weight excluding hydrogens is 373 g/mol. The maximum absolute atomic E-state index is 13.1. The number of halogens is 1. The predicted molar refractivity (Wildman–Crippen MR) is 96.7 cm³/mol. The Morgan fingerprint density at radius 2 is 1.85 bits per heavy atom. The fraction of sp³-hybridized carbons (Fsp3) is 0.556. The number of nitrogens with one attached hydrogen (secondary N) is 2. The van der Waals surface area contributed by atoms with Gasteiger partial charge in [0.2, 0.25) is 21.8 Å². The SMILES string of the molecule is C[C@@H](NC(=O)[C@H]1CCCN(S(=O)(=O)c2ccc(F)cc2)C1)C(=O)NC1CC1. The van der Waals surface area contributed by atoms with Gasteiger partial charge in [0.25, 0.3) is 0 Å². The van der Waals surface area contributed by atoms with E-state index in [1.165, 1.54) is 16.4 Å². The summed E-state index contributed by atoms with van der Waals surface area (Å²) in [6.45, 7) is 1.97. The van der Waals surface area contributed by atoms with Gasteiger partial charge >= 0.3 is 0 Å². The highest BCUT2D eigenvalue weighted by molar-refractivity contribution is 7.89. The normalized spacial score (nSPS) is 22.1. The summed E-state index contributed by atoms with van der Waals surface area (Å²) in [4.78, 5) is 24.5. The minimum Gasteiger partial charge on any atom is -0.352 e. The van der Waals surface area contributed by atoms with Crippen molar-refractivity contribution in [1.82, 2.24) is 14.9 Å². The standard InChI is InChI=1S/C18H24FN3O4S/c1-12(17(23)21-15-6-7-15)20-18(24)13-3-2-10-22(11-13)27(25,26)16-8-4-14(19)5-9-16/h4-5,8-9,12-13,15H,2-3,6-7,10-11H2,1H3,(H,20,24)(H,21,23)/t12-,13+/m1/s1. The van der Waals surface area contributed by atoms with Crippen LogP contribution in [0.1, 0.15) is 32.6 Å². The van der Waals surface area contributed by atoms with Gasteiger partial charge in [0, 0.05) is 19.1 Å². The van der Waals surface area contributed by atoms with Gasteiger partial charge in [-0.25, -0.2) is 12.8 Å². The molecule has 3 rings (SSSR count). The van der Waals surface area contributed by atoms with E-state index in [0.717, 1.165) is 25.0 Å². The van der Waals surface area contributed by atoms with Gasteiger partial charge in [-0.2, -0.15) is 4.31 Å². The number of carbonyl (C=O) groups excluding carboxylic acids is 2. The van der Waals surface area contributed by atoms with Gasteiger partial charge in [0.1, 0.15) is 11.9 Å². The highest BCUT2D eigenvalue weighted by Crippen LogP contribution is 2.24. The van der Waals surface area contributed by atoms with E-state index < -0.39 is 27.8 Å². The van der Waals surface area contributed by atoms with Gasteiger partial charge in [-0.1, -0.05) is 0 Å². The zero-order valence-corrected chi connectivity index (χ0v) is 16.0. The summed E-state index contributed by atoms with van der Waals surface area (Å²) in [5.41, 5.74) is 0. The second-order valence-electron chi connectivity index (χ2n) is 7.17. The first kappa shape index (κ1) is 19.8. The van der Waals surface area contributed by atoms with Crippen LogP contribution >= 0.6 is 0 Å². The molecule has 1 aromatic carbocycles. The molecule has 0 aromatic heterocycles. The number of carbonyl (C=O) groups is 2. The molecular formula is C18H24FN3O4S. The molecule has 1 heterocycles. The minimum atomic E-state index is -3.79. The van der Waals surface area contributed by atoms with Crippen LogP contribution in [0, 0.1) is 11.7 Å². The molecule has 1 aliphatic carbocycles. The maximum atomic E-state index is 13.1. The second-order valence-corrected chi connectivity index (χ2v) is 9.11. The third kappa shape index (κ3) is 4.84. The Hall–Kier alpha value is -2.00. The fourth-order valence-electron chi connectivity index (χ4n) is 3.08. The first-order valence-corrected chi connectivity index (χ1v) is 10.6. The van der Waals surface area contributed by atoms with E-state index in [0.29, 0.717) is 19.4 Å². The summed E-state index contributed by atoms with van der Waals surface area (Å²) in [6.07, 6.45) is 3.02. The molecule has 148 valence electrons. The molecule has 1 aromatic rings. The Bertz CT molecular complexity index is 808.